The maximum Gasteiger partial charge on any atom is 0.253 e. The Morgan fingerprint density at radius 3 is 2.62 bits per heavy atom. The van der Waals surface area contributed by atoms with Gasteiger partial charge in [-0.15, -0.1) is 0 Å². The molecule has 1 fully saturated rings. The minimum absolute atomic E-state index is 0.0345. The fourth-order valence-corrected chi connectivity index (χ4v) is 4.57. The minimum Gasteiger partial charge on any atom is -0.493 e. The number of nitrogens with one attached hydrogen (secondary N) is 2. The van der Waals surface area contributed by atoms with E-state index in [4.69, 9.17) is 26.4 Å². The van der Waals surface area contributed by atoms with Crippen LogP contribution in [0.5, 0.6) is 11.5 Å². The van der Waals surface area contributed by atoms with Crippen LogP contribution in [0.25, 0.3) is 10.9 Å². The van der Waals surface area contributed by atoms with Gasteiger partial charge in [0.1, 0.15) is 0 Å². The highest BCUT2D eigenvalue weighted by molar-refractivity contribution is 7.80. The molecule has 1 aromatic heterocycles. The summed E-state index contributed by atoms with van der Waals surface area (Å²) in [4.78, 5) is 18.0. The number of methoxy groups -OCH3 is 2. The van der Waals surface area contributed by atoms with Gasteiger partial charge in [-0.3, -0.25) is 4.79 Å². The van der Waals surface area contributed by atoms with Crippen LogP contribution >= 0.6 is 12.2 Å². The average Bonchev–Trinajstić information content (AvgIpc) is 3.37. The van der Waals surface area contributed by atoms with E-state index in [-0.39, 0.29) is 17.7 Å². The first kappa shape index (κ1) is 24.0. The first-order valence-corrected chi connectivity index (χ1v) is 11.9. The molecule has 3 aromatic rings. The van der Waals surface area contributed by atoms with E-state index in [9.17, 15) is 4.79 Å². The zero-order valence-electron chi connectivity index (χ0n) is 19.8. The molecule has 4 rings (SSSR count). The Morgan fingerprint density at radius 1 is 1.21 bits per heavy atom. The molecule has 2 aromatic carbocycles. The number of pyridine rings is 1. The van der Waals surface area contributed by atoms with E-state index in [1.165, 1.54) is 0 Å². The van der Waals surface area contributed by atoms with Crippen molar-refractivity contribution in [1.29, 1.82) is 0 Å². The van der Waals surface area contributed by atoms with Crippen LogP contribution in [0.4, 0.5) is 0 Å². The summed E-state index contributed by atoms with van der Waals surface area (Å²) in [6, 6.07) is 15.7. The third-order valence-electron chi connectivity index (χ3n) is 6.16. The van der Waals surface area contributed by atoms with Crippen LogP contribution in [-0.2, 0) is 11.3 Å². The Morgan fingerprint density at radius 2 is 1.94 bits per heavy atom. The first-order valence-electron chi connectivity index (χ1n) is 11.5. The monoisotopic (exact) mass is 481 g/mol. The standard InChI is InChI=1S/C26H31N3O4S/c1-17(18-8-5-4-6-9-18)27-26(34)29(16-21-10-7-11-33-21)15-20-12-19-13-23(31-2)24(32-3)14-22(19)28-25(20)30/h4-6,8-9,12-14,17,21H,7,10-11,15-16H2,1-3H3,(H,27,34)(H,28,30). The Kier molecular flexibility index (Phi) is 7.70. The predicted octanol–water partition coefficient (Wildman–Crippen LogP) is 4.16. The predicted molar refractivity (Wildman–Crippen MR) is 138 cm³/mol. The lowest BCUT2D eigenvalue weighted by Crippen LogP contribution is -2.44. The molecular weight excluding hydrogens is 450 g/mol. The molecule has 8 heteroatoms. The minimum atomic E-state index is -0.157. The van der Waals surface area contributed by atoms with Gasteiger partial charge >= 0.3 is 0 Å². The third-order valence-corrected chi connectivity index (χ3v) is 6.54. The maximum absolute atomic E-state index is 13.0. The quantitative estimate of drug-likeness (QED) is 0.468. The van der Waals surface area contributed by atoms with Crippen LogP contribution in [0.3, 0.4) is 0 Å². The van der Waals surface area contributed by atoms with Crippen LogP contribution < -0.4 is 20.3 Å². The van der Waals surface area contributed by atoms with Crippen LogP contribution in [0, 0.1) is 0 Å². The molecule has 1 saturated heterocycles. The van der Waals surface area contributed by atoms with E-state index < -0.39 is 0 Å². The van der Waals surface area contributed by atoms with Crippen LogP contribution in [-0.4, -0.2) is 48.5 Å². The van der Waals surface area contributed by atoms with Gasteiger partial charge in [-0.2, -0.15) is 0 Å². The fourth-order valence-electron chi connectivity index (χ4n) is 4.26. The highest BCUT2D eigenvalue weighted by Crippen LogP contribution is 2.31. The maximum atomic E-state index is 13.0. The lowest BCUT2D eigenvalue weighted by Gasteiger charge is -2.30. The topological polar surface area (TPSA) is 75.8 Å². The van der Waals surface area contributed by atoms with Gasteiger partial charge in [0.25, 0.3) is 5.56 Å². The lowest BCUT2D eigenvalue weighted by atomic mass is 10.1. The van der Waals surface area contributed by atoms with E-state index in [1.54, 1.807) is 20.3 Å². The molecule has 0 amide bonds. The molecule has 0 bridgehead atoms. The molecule has 2 heterocycles. The van der Waals surface area contributed by atoms with E-state index in [0.717, 1.165) is 30.4 Å². The molecule has 0 saturated carbocycles. The number of benzene rings is 2. The van der Waals surface area contributed by atoms with E-state index in [2.05, 4.69) is 29.4 Å². The van der Waals surface area contributed by atoms with Gasteiger partial charge in [-0.25, -0.2) is 0 Å². The van der Waals surface area contributed by atoms with E-state index in [0.29, 0.717) is 40.8 Å². The largest absolute Gasteiger partial charge is 0.493 e. The molecule has 0 spiro atoms. The molecule has 2 N–H and O–H groups in total. The SMILES string of the molecule is COc1cc2cc(CN(CC3CCCO3)C(=S)NC(C)c3ccccc3)c(=O)[nH]c2cc1OC. The molecule has 2 atom stereocenters. The van der Waals surface area contributed by atoms with Gasteiger partial charge in [0, 0.05) is 30.2 Å². The highest BCUT2D eigenvalue weighted by atomic mass is 32.1. The zero-order chi connectivity index (χ0) is 24.1. The summed E-state index contributed by atoms with van der Waals surface area (Å²) in [7, 11) is 3.17. The molecule has 0 aliphatic carbocycles. The third kappa shape index (κ3) is 5.51. The van der Waals surface area contributed by atoms with Gasteiger partial charge in [0.2, 0.25) is 0 Å². The Balaban J connectivity index is 1.60. The molecule has 34 heavy (non-hydrogen) atoms. The number of aromatic amines is 1. The Hall–Kier alpha value is -3.10. The number of hydrogen-bond donors (Lipinski definition) is 2. The van der Waals surface area contributed by atoms with Crippen molar-refractivity contribution < 1.29 is 14.2 Å². The van der Waals surface area contributed by atoms with Gasteiger partial charge in [-0.05, 0) is 49.7 Å². The smallest absolute Gasteiger partial charge is 0.253 e. The van der Waals surface area contributed by atoms with Crippen molar-refractivity contribution in [3.8, 4) is 11.5 Å². The summed E-state index contributed by atoms with van der Waals surface area (Å²) >= 11 is 5.81. The van der Waals surface area contributed by atoms with Crippen LogP contribution in [0.1, 0.15) is 36.9 Å². The average molecular weight is 482 g/mol. The summed E-state index contributed by atoms with van der Waals surface area (Å²) in [5.74, 6) is 1.18. The number of nitrogens with zero attached hydrogens (tertiary/aromatic N) is 1. The molecule has 1 aliphatic rings. The number of aromatic nitrogens is 1. The summed E-state index contributed by atoms with van der Waals surface area (Å²) in [6.45, 7) is 3.83. The lowest BCUT2D eigenvalue weighted by molar-refractivity contribution is 0.0895. The number of hydrogen-bond acceptors (Lipinski definition) is 5. The number of H-pyrrole nitrogens is 1. The second-order valence-corrected chi connectivity index (χ2v) is 8.90. The zero-order valence-corrected chi connectivity index (χ0v) is 20.6. The second kappa shape index (κ2) is 10.9. The fraction of sp³-hybridized carbons (Fsp3) is 0.385. The summed E-state index contributed by atoms with van der Waals surface area (Å²) < 4.78 is 16.7. The van der Waals surface area contributed by atoms with Crippen molar-refractivity contribution in [3.63, 3.8) is 0 Å². The highest BCUT2D eigenvalue weighted by Gasteiger charge is 2.23. The van der Waals surface area contributed by atoms with E-state index in [1.807, 2.05) is 35.2 Å². The van der Waals surface area contributed by atoms with Gasteiger partial charge in [0.05, 0.1) is 38.4 Å². The normalized spacial score (nSPS) is 16.3. The summed E-state index contributed by atoms with van der Waals surface area (Å²) in [5.41, 5.74) is 2.30. The molecule has 7 nitrogen and oxygen atoms in total. The number of fused-ring (bicyclic) bond motifs is 1. The van der Waals surface area contributed by atoms with Crippen molar-refractivity contribution in [2.75, 3.05) is 27.4 Å². The Labute approximate surface area is 205 Å². The summed E-state index contributed by atoms with van der Waals surface area (Å²) in [6.07, 6.45) is 2.12. The summed E-state index contributed by atoms with van der Waals surface area (Å²) in [5, 5.41) is 4.89. The molecule has 0 radical (unpaired) electrons. The molecule has 180 valence electrons. The van der Waals surface area contributed by atoms with Gasteiger partial charge < -0.3 is 29.4 Å². The van der Waals surface area contributed by atoms with Gasteiger partial charge in [-0.1, -0.05) is 30.3 Å². The number of ether oxygens (including phenoxy) is 3. The van der Waals surface area contributed by atoms with Crippen LogP contribution in [0.2, 0.25) is 0 Å². The van der Waals surface area contributed by atoms with Crippen molar-refractivity contribution in [3.05, 3.63) is 70.0 Å². The number of rotatable bonds is 8. The molecule has 2 unspecified atom stereocenters. The van der Waals surface area contributed by atoms with Crippen molar-refractivity contribution in [2.45, 2.75) is 38.5 Å². The molecule has 1 aliphatic heterocycles. The second-order valence-electron chi connectivity index (χ2n) is 8.52. The van der Waals surface area contributed by atoms with Crippen molar-refractivity contribution in [1.82, 2.24) is 15.2 Å². The first-order chi connectivity index (χ1) is 16.5. The van der Waals surface area contributed by atoms with Crippen molar-refractivity contribution in [2.24, 2.45) is 0 Å². The Bertz CT molecular complexity index is 1190. The molecular formula is C26H31N3O4S. The number of thiocarbonyl (C=S) groups is 1. The van der Waals surface area contributed by atoms with E-state index >= 15 is 0 Å². The van der Waals surface area contributed by atoms with Crippen molar-refractivity contribution >= 4 is 28.2 Å². The van der Waals surface area contributed by atoms with Crippen LogP contribution in [0.15, 0.2) is 53.3 Å². The van der Waals surface area contributed by atoms with Gasteiger partial charge in [0.15, 0.2) is 16.6 Å².